The van der Waals surface area contributed by atoms with E-state index in [0.717, 1.165) is 0 Å². The van der Waals surface area contributed by atoms with E-state index >= 15 is 0 Å². The maximum absolute atomic E-state index is 11.4. The van der Waals surface area contributed by atoms with Gasteiger partial charge in [-0.15, -0.1) is 0 Å². The molecule has 0 aliphatic carbocycles. The molecule has 0 spiro atoms. The predicted octanol–water partition coefficient (Wildman–Crippen LogP) is 1.75. The highest BCUT2D eigenvalue weighted by atomic mass is 32.1. The van der Waals surface area contributed by atoms with E-state index in [4.69, 9.17) is 0 Å². The van der Waals surface area contributed by atoms with Crippen LogP contribution in [0.4, 0.5) is 8.78 Å². The van der Waals surface area contributed by atoms with Gasteiger partial charge in [-0.25, -0.2) is 8.78 Å². The number of ether oxygens (including phenoxy) is 1. The average Bonchev–Trinajstić information content (AvgIpc) is 1.87. The maximum Gasteiger partial charge on any atom is 0.261 e. The summed E-state index contributed by atoms with van der Waals surface area (Å²) in [5, 5.41) is 0. The second-order valence-corrected chi connectivity index (χ2v) is 1.95. The molecule has 0 bridgehead atoms. The van der Waals surface area contributed by atoms with Crippen LogP contribution in [0.3, 0.4) is 0 Å². The second-order valence-electron chi connectivity index (χ2n) is 1.58. The Hall–Kier alpha value is -0.0900. The van der Waals surface area contributed by atoms with Gasteiger partial charge in [0, 0.05) is 5.75 Å². The summed E-state index contributed by atoms with van der Waals surface area (Å²) in [5.41, 5.74) is 0. The highest BCUT2D eigenvalue weighted by Crippen LogP contribution is 1.92. The number of thiol groups is 1. The molecule has 0 unspecified atom stereocenters. The first-order valence-corrected chi connectivity index (χ1v) is 3.52. The summed E-state index contributed by atoms with van der Waals surface area (Å²) in [7, 11) is 0. The summed E-state index contributed by atoms with van der Waals surface area (Å²) >= 11 is 3.87. The molecule has 60 valence electrons. The molecule has 0 aliphatic rings. The Bertz CT molecular complexity index is 95.7. The van der Waals surface area contributed by atoms with E-state index in [2.05, 4.69) is 17.4 Å². The molecule has 0 aromatic heterocycles. The molecule has 0 radical (unpaired) electrons. The monoisotopic (exact) mass is 168 g/mol. The molecule has 1 nitrogen and oxygen atoms in total. The zero-order valence-corrected chi connectivity index (χ0v) is 6.36. The van der Waals surface area contributed by atoms with Crippen LogP contribution in [0.1, 0.15) is 0 Å². The smallest absolute Gasteiger partial charge is 0.261 e. The van der Waals surface area contributed by atoms with Gasteiger partial charge in [0.2, 0.25) is 0 Å². The minimum absolute atomic E-state index is 0.241. The predicted molar refractivity (Wildman–Crippen MR) is 39.8 cm³/mol. The summed E-state index contributed by atoms with van der Waals surface area (Å²) < 4.78 is 27.3. The molecule has 0 aromatic rings. The molecule has 0 heterocycles. The Morgan fingerprint density at radius 2 is 2.10 bits per heavy atom. The van der Waals surface area contributed by atoms with Crippen molar-refractivity contribution in [3.05, 3.63) is 12.2 Å². The molecule has 4 heteroatoms. The first-order valence-electron chi connectivity index (χ1n) is 2.89. The van der Waals surface area contributed by atoms with Gasteiger partial charge in [-0.1, -0.05) is 12.2 Å². The van der Waals surface area contributed by atoms with Crippen LogP contribution in [0.2, 0.25) is 0 Å². The number of hydrogen-bond acceptors (Lipinski definition) is 2. The highest BCUT2D eigenvalue weighted by Gasteiger charge is 1.98. The fourth-order valence-electron chi connectivity index (χ4n) is 0.368. The zero-order chi connectivity index (χ0) is 7.82. The molecule has 0 saturated heterocycles. The van der Waals surface area contributed by atoms with Crippen LogP contribution in [0.15, 0.2) is 12.2 Å². The van der Waals surface area contributed by atoms with E-state index in [1.165, 1.54) is 0 Å². The van der Waals surface area contributed by atoms with Gasteiger partial charge in [0.05, 0.1) is 6.61 Å². The van der Waals surface area contributed by atoms with Crippen LogP contribution in [0, 0.1) is 0 Å². The summed E-state index contributed by atoms with van der Waals surface area (Å²) in [6.45, 7) is -0.248. The van der Waals surface area contributed by atoms with Crippen LogP contribution in [-0.4, -0.2) is 25.4 Å². The van der Waals surface area contributed by atoms with Gasteiger partial charge in [0.15, 0.2) is 0 Å². The molecular formula is C6H10F2OS. The second kappa shape index (κ2) is 7.02. The molecule has 0 atom stereocenters. The summed E-state index contributed by atoms with van der Waals surface area (Å²) in [4.78, 5) is 0. The third-order valence-corrected chi connectivity index (χ3v) is 0.941. The van der Waals surface area contributed by atoms with Gasteiger partial charge in [-0.2, -0.15) is 12.6 Å². The number of halogens is 2. The fraction of sp³-hybridized carbons (Fsp3) is 0.667. The molecule has 0 amide bonds. The van der Waals surface area contributed by atoms with Crippen LogP contribution in [-0.2, 0) is 4.74 Å². The van der Waals surface area contributed by atoms with Gasteiger partial charge in [-0.05, 0) is 0 Å². The lowest BCUT2D eigenvalue weighted by Gasteiger charge is -1.97. The molecule has 0 aliphatic heterocycles. The lowest BCUT2D eigenvalue weighted by atomic mass is 10.5. The molecule has 0 aromatic carbocycles. The van der Waals surface area contributed by atoms with Gasteiger partial charge in [0.25, 0.3) is 6.43 Å². The van der Waals surface area contributed by atoms with Crippen molar-refractivity contribution in [1.82, 2.24) is 0 Å². The van der Waals surface area contributed by atoms with E-state index in [0.29, 0.717) is 5.75 Å². The first kappa shape index (κ1) is 9.91. The summed E-state index contributed by atoms with van der Waals surface area (Å²) in [6.07, 6.45) is 1.04. The highest BCUT2D eigenvalue weighted by molar-refractivity contribution is 7.80. The average molecular weight is 168 g/mol. The van der Waals surface area contributed by atoms with Gasteiger partial charge < -0.3 is 4.74 Å². The Labute approximate surface area is 64.5 Å². The molecule has 10 heavy (non-hydrogen) atoms. The lowest BCUT2D eigenvalue weighted by Crippen LogP contribution is -2.03. The van der Waals surface area contributed by atoms with Crippen molar-refractivity contribution in [1.29, 1.82) is 0 Å². The standard InChI is InChI=1S/C6H10F2OS/c7-6(8)5-9-3-1-2-4-10/h1-2,6,10H,3-5H2/b2-1+. The third-order valence-electron chi connectivity index (χ3n) is 0.730. The third kappa shape index (κ3) is 7.91. The normalized spacial score (nSPS) is 11.6. The van der Waals surface area contributed by atoms with Gasteiger partial charge in [0.1, 0.15) is 6.61 Å². The van der Waals surface area contributed by atoms with Crippen molar-refractivity contribution in [2.45, 2.75) is 6.43 Å². The van der Waals surface area contributed by atoms with Gasteiger partial charge in [-0.3, -0.25) is 0 Å². The minimum Gasteiger partial charge on any atom is -0.371 e. The topological polar surface area (TPSA) is 9.23 Å². The van der Waals surface area contributed by atoms with Crippen molar-refractivity contribution >= 4 is 12.6 Å². The Kier molecular flexibility index (Phi) is 6.96. The molecule has 0 rings (SSSR count). The SMILES string of the molecule is FC(F)COC/C=C/CS. The molecule has 0 fully saturated rings. The fourth-order valence-corrected chi connectivity index (χ4v) is 0.517. The quantitative estimate of drug-likeness (QED) is 0.374. The van der Waals surface area contributed by atoms with Crippen LogP contribution in [0.25, 0.3) is 0 Å². The molecular weight excluding hydrogens is 158 g/mol. The Morgan fingerprint density at radius 1 is 1.40 bits per heavy atom. The number of alkyl halides is 2. The number of hydrogen-bond donors (Lipinski definition) is 1. The summed E-state index contributed by atoms with van der Waals surface area (Å²) in [5.74, 6) is 0.609. The Morgan fingerprint density at radius 3 is 2.60 bits per heavy atom. The van der Waals surface area contributed by atoms with E-state index in [-0.39, 0.29) is 6.61 Å². The van der Waals surface area contributed by atoms with E-state index in [9.17, 15) is 8.78 Å². The molecule has 0 saturated carbocycles. The lowest BCUT2D eigenvalue weighted by molar-refractivity contribution is 0.0286. The van der Waals surface area contributed by atoms with Crippen molar-refractivity contribution in [3.63, 3.8) is 0 Å². The van der Waals surface area contributed by atoms with Crippen LogP contribution in [0.5, 0.6) is 0 Å². The zero-order valence-electron chi connectivity index (χ0n) is 5.46. The van der Waals surface area contributed by atoms with Crippen molar-refractivity contribution < 1.29 is 13.5 Å². The minimum atomic E-state index is -2.37. The van der Waals surface area contributed by atoms with E-state index < -0.39 is 13.0 Å². The van der Waals surface area contributed by atoms with Crippen LogP contribution < -0.4 is 0 Å². The van der Waals surface area contributed by atoms with Crippen LogP contribution >= 0.6 is 12.6 Å². The largest absolute Gasteiger partial charge is 0.371 e. The van der Waals surface area contributed by atoms with Gasteiger partial charge >= 0.3 is 0 Å². The summed E-state index contributed by atoms with van der Waals surface area (Å²) in [6, 6.07) is 0. The molecule has 0 N–H and O–H groups in total. The number of rotatable bonds is 5. The van der Waals surface area contributed by atoms with Crippen molar-refractivity contribution in [3.8, 4) is 0 Å². The first-order chi connectivity index (χ1) is 4.77. The van der Waals surface area contributed by atoms with E-state index in [1.807, 2.05) is 0 Å². The van der Waals surface area contributed by atoms with E-state index in [1.54, 1.807) is 12.2 Å². The maximum atomic E-state index is 11.4. The van der Waals surface area contributed by atoms with Crippen molar-refractivity contribution in [2.24, 2.45) is 0 Å². The Balaban J connectivity index is 2.97. The van der Waals surface area contributed by atoms with Crippen molar-refractivity contribution in [2.75, 3.05) is 19.0 Å².